The number of carbonyl (C=O) groups is 1. The van der Waals surface area contributed by atoms with Crippen molar-refractivity contribution in [1.29, 1.82) is 0 Å². The number of hydrogen-bond donors (Lipinski definition) is 0. The molecule has 0 bridgehead atoms. The van der Waals surface area contributed by atoms with E-state index in [1.54, 1.807) is 25.0 Å². The van der Waals surface area contributed by atoms with Crippen LogP contribution in [0.1, 0.15) is 29.1 Å². The lowest BCUT2D eigenvalue weighted by molar-refractivity contribution is 0.0887. The van der Waals surface area contributed by atoms with Crippen molar-refractivity contribution in [2.24, 2.45) is 0 Å². The van der Waals surface area contributed by atoms with Crippen molar-refractivity contribution in [2.45, 2.75) is 25.9 Å². The van der Waals surface area contributed by atoms with Crippen LogP contribution in [0.3, 0.4) is 0 Å². The first kappa shape index (κ1) is 17.0. The quantitative estimate of drug-likeness (QED) is 0.682. The van der Waals surface area contributed by atoms with Gasteiger partial charge >= 0.3 is 0 Å². The summed E-state index contributed by atoms with van der Waals surface area (Å²) in [6.45, 7) is 2.95. The number of nitrogens with zero attached hydrogens (tertiary/aromatic N) is 3. The van der Waals surface area contributed by atoms with Crippen LogP contribution in [0.2, 0.25) is 0 Å². The first-order valence-corrected chi connectivity index (χ1v) is 9.27. The number of thiazole rings is 1. The molecule has 0 radical (unpaired) electrons. The molecule has 3 heterocycles. The van der Waals surface area contributed by atoms with Crippen LogP contribution in [0.5, 0.6) is 5.75 Å². The lowest BCUT2D eigenvalue weighted by Gasteiger charge is -2.21. The third kappa shape index (κ3) is 3.30. The largest absolute Gasteiger partial charge is 0.497 e. The van der Waals surface area contributed by atoms with Crippen molar-refractivity contribution in [3.63, 3.8) is 0 Å². The fourth-order valence-electron chi connectivity index (χ4n) is 2.97. The van der Waals surface area contributed by atoms with Crippen molar-refractivity contribution < 1.29 is 18.8 Å². The minimum Gasteiger partial charge on any atom is -0.497 e. The molecule has 8 heteroatoms. The summed E-state index contributed by atoms with van der Waals surface area (Å²) in [6.07, 6.45) is 1.94. The number of anilines is 1. The summed E-state index contributed by atoms with van der Waals surface area (Å²) in [5.41, 5.74) is 1.46. The normalized spacial score (nSPS) is 16.9. The summed E-state index contributed by atoms with van der Waals surface area (Å²) in [4.78, 5) is 19.3. The molecule has 0 unspecified atom stereocenters. The number of fused-ring (bicyclic) bond motifs is 1. The van der Waals surface area contributed by atoms with Gasteiger partial charge in [-0.25, -0.2) is 4.98 Å². The molecular weight excluding hydrogens is 354 g/mol. The second-order valence-electron chi connectivity index (χ2n) is 6.21. The first-order valence-electron chi connectivity index (χ1n) is 8.45. The van der Waals surface area contributed by atoms with Gasteiger partial charge in [0.2, 0.25) is 5.76 Å². The zero-order valence-electron chi connectivity index (χ0n) is 14.6. The molecule has 1 saturated heterocycles. The van der Waals surface area contributed by atoms with E-state index in [4.69, 9.17) is 14.0 Å². The maximum Gasteiger partial charge on any atom is 0.298 e. The number of carbonyl (C=O) groups excluding carboxylic acids is 1. The van der Waals surface area contributed by atoms with Crippen LogP contribution in [-0.2, 0) is 4.74 Å². The molecular formula is C18H19N3O4S. The molecule has 1 atom stereocenters. The van der Waals surface area contributed by atoms with E-state index < -0.39 is 0 Å². The summed E-state index contributed by atoms with van der Waals surface area (Å²) in [6, 6.07) is 7.34. The number of methoxy groups -OCH3 is 1. The molecule has 26 heavy (non-hydrogen) atoms. The van der Waals surface area contributed by atoms with E-state index >= 15 is 0 Å². The molecule has 136 valence electrons. The zero-order valence-corrected chi connectivity index (χ0v) is 15.4. The van der Waals surface area contributed by atoms with E-state index in [2.05, 4.69) is 10.1 Å². The van der Waals surface area contributed by atoms with Crippen molar-refractivity contribution in [3.8, 4) is 5.75 Å². The average Bonchev–Trinajstić information content (AvgIpc) is 3.38. The number of benzene rings is 1. The Bertz CT molecular complexity index is 930. The molecule has 1 aromatic carbocycles. The smallest absolute Gasteiger partial charge is 0.298 e. The van der Waals surface area contributed by atoms with Crippen molar-refractivity contribution in [2.75, 3.05) is 25.2 Å². The SMILES string of the molecule is COc1ccc2sc(N(C[C@H]3CCCO3)C(=O)c3cc(C)no3)nc2c1. The highest BCUT2D eigenvalue weighted by atomic mass is 32.1. The molecule has 1 aliphatic rings. The Balaban J connectivity index is 1.70. The summed E-state index contributed by atoms with van der Waals surface area (Å²) in [7, 11) is 1.62. The van der Waals surface area contributed by atoms with Gasteiger partial charge in [0.15, 0.2) is 5.13 Å². The Morgan fingerprint density at radius 1 is 1.42 bits per heavy atom. The predicted octanol–water partition coefficient (Wildman–Crippen LogP) is 3.43. The molecule has 4 rings (SSSR count). The highest BCUT2D eigenvalue weighted by Crippen LogP contribution is 2.32. The van der Waals surface area contributed by atoms with E-state index in [1.165, 1.54) is 11.3 Å². The Morgan fingerprint density at radius 3 is 3.00 bits per heavy atom. The second-order valence-corrected chi connectivity index (χ2v) is 7.22. The van der Waals surface area contributed by atoms with Crippen molar-refractivity contribution in [1.82, 2.24) is 10.1 Å². The lowest BCUT2D eigenvalue weighted by Crippen LogP contribution is -2.37. The number of rotatable bonds is 5. The molecule has 0 spiro atoms. The standard InChI is InChI=1S/C18H19N3O4S/c1-11-8-15(25-20-11)17(22)21(10-13-4-3-7-24-13)18-19-14-9-12(23-2)5-6-16(14)26-18/h5-6,8-9,13H,3-4,7,10H2,1-2H3/t13-/m1/s1. The second kappa shape index (κ2) is 7.05. The third-order valence-electron chi connectivity index (χ3n) is 4.31. The van der Waals surface area contributed by atoms with E-state index in [0.717, 1.165) is 35.4 Å². The Labute approximate surface area is 154 Å². The van der Waals surface area contributed by atoms with Crippen molar-refractivity contribution >= 4 is 32.6 Å². The topological polar surface area (TPSA) is 77.7 Å². The number of hydrogen-bond acceptors (Lipinski definition) is 7. The highest BCUT2D eigenvalue weighted by Gasteiger charge is 2.29. The fourth-order valence-corrected chi connectivity index (χ4v) is 3.93. The Kier molecular flexibility index (Phi) is 4.60. The molecule has 1 aliphatic heterocycles. The maximum atomic E-state index is 13.0. The summed E-state index contributed by atoms with van der Waals surface area (Å²) < 4.78 is 17.1. The van der Waals surface area contributed by atoms with Gasteiger partial charge in [-0.05, 0) is 31.9 Å². The third-order valence-corrected chi connectivity index (χ3v) is 5.37. The molecule has 0 saturated carbocycles. The van der Waals surface area contributed by atoms with Gasteiger partial charge in [-0.3, -0.25) is 9.69 Å². The highest BCUT2D eigenvalue weighted by molar-refractivity contribution is 7.22. The van der Waals surface area contributed by atoms with E-state index in [9.17, 15) is 4.79 Å². The number of aromatic nitrogens is 2. The fraction of sp³-hybridized carbons (Fsp3) is 0.389. The predicted molar refractivity (Wildman–Crippen MR) is 98.1 cm³/mol. The molecule has 3 aromatic rings. The van der Waals surface area contributed by atoms with Gasteiger partial charge in [-0.1, -0.05) is 16.5 Å². The van der Waals surface area contributed by atoms with Gasteiger partial charge in [0.25, 0.3) is 5.91 Å². The lowest BCUT2D eigenvalue weighted by atomic mass is 10.2. The van der Waals surface area contributed by atoms with Crippen LogP contribution >= 0.6 is 11.3 Å². The number of aryl methyl sites for hydroxylation is 1. The maximum absolute atomic E-state index is 13.0. The molecule has 1 amide bonds. The Hall–Kier alpha value is -2.45. The average molecular weight is 373 g/mol. The van der Waals surface area contributed by atoms with Gasteiger partial charge in [0.05, 0.1) is 35.7 Å². The summed E-state index contributed by atoms with van der Waals surface area (Å²) in [5.74, 6) is 0.682. The van der Waals surface area contributed by atoms with Crippen LogP contribution in [-0.4, -0.2) is 42.4 Å². The van der Waals surface area contributed by atoms with Crippen LogP contribution in [0, 0.1) is 6.92 Å². The van der Waals surface area contributed by atoms with Crippen LogP contribution in [0.25, 0.3) is 10.2 Å². The zero-order chi connectivity index (χ0) is 18.1. The van der Waals surface area contributed by atoms with Gasteiger partial charge in [-0.15, -0.1) is 0 Å². The molecule has 2 aromatic heterocycles. The Morgan fingerprint density at radius 2 is 2.31 bits per heavy atom. The van der Waals surface area contributed by atoms with E-state index in [1.807, 2.05) is 18.2 Å². The molecule has 7 nitrogen and oxygen atoms in total. The van der Waals surface area contributed by atoms with Crippen LogP contribution < -0.4 is 9.64 Å². The summed E-state index contributed by atoms with van der Waals surface area (Å²) in [5, 5.41) is 4.44. The number of amides is 1. The minimum atomic E-state index is -0.257. The molecule has 1 fully saturated rings. The van der Waals surface area contributed by atoms with Crippen LogP contribution in [0.15, 0.2) is 28.8 Å². The number of ether oxygens (including phenoxy) is 2. The first-order chi connectivity index (χ1) is 12.6. The minimum absolute atomic E-state index is 0.00418. The van der Waals surface area contributed by atoms with Gasteiger partial charge in [-0.2, -0.15) is 0 Å². The molecule has 0 aliphatic carbocycles. The molecule has 0 N–H and O–H groups in total. The van der Waals surface area contributed by atoms with Gasteiger partial charge < -0.3 is 14.0 Å². The van der Waals surface area contributed by atoms with Crippen molar-refractivity contribution in [3.05, 3.63) is 35.7 Å². The van der Waals surface area contributed by atoms with Crippen LogP contribution in [0.4, 0.5) is 5.13 Å². The van der Waals surface area contributed by atoms with E-state index in [-0.39, 0.29) is 17.8 Å². The monoisotopic (exact) mass is 373 g/mol. The van der Waals surface area contributed by atoms with Gasteiger partial charge in [0, 0.05) is 18.7 Å². The summed E-state index contributed by atoms with van der Waals surface area (Å²) >= 11 is 1.46. The van der Waals surface area contributed by atoms with Gasteiger partial charge in [0.1, 0.15) is 5.75 Å². The van der Waals surface area contributed by atoms with E-state index in [0.29, 0.717) is 17.4 Å².